The van der Waals surface area contributed by atoms with Gasteiger partial charge in [-0.05, 0) is 53.3 Å². The summed E-state index contributed by atoms with van der Waals surface area (Å²) in [5, 5.41) is 1.06. The third kappa shape index (κ3) is 5.14. The number of methoxy groups -OCH3 is 1. The van der Waals surface area contributed by atoms with Crippen molar-refractivity contribution < 1.29 is 9.53 Å². The van der Waals surface area contributed by atoms with E-state index in [1.807, 2.05) is 47.4 Å². The van der Waals surface area contributed by atoms with E-state index < -0.39 is 0 Å². The van der Waals surface area contributed by atoms with Crippen LogP contribution in [-0.2, 0) is 0 Å². The van der Waals surface area contributed by atoms with E-state index in [2.05, 4.69) is 44.8 Å². The standard InChI is InChI=1S/C25H30N2O2/c1-17(2)15-27(16-18(3)4)25(28)20-8-6-19(7-9-20)21-10-12-23-22(14-21)11-13-24(26-23)29-5/h6-14,17-18H,15-16H2,1-5H3. The lowest BCUT2D eigenvalue weighted by Gasteiger charge is -2.26. The van der Waals surface area contributed by atoms with Gasteiger partial charge < -0.3 is 9.64 Å². The number of benzene rings is 2. The Morgan fingerprint density at radius 3 is 2.10 bits per heavy atom. The lowest BCUT2D eigenvalue weighted by Crippen LogP contribution is -2.37. The van der Waals surface area contributed by atoms with Crippen molar-refractivity contribution in [3.63, 3.8) is 0 Å². The van der Waals surface area contributed by atoms with Crippen LogP contribution < -0.4 is 4.74 Å². The number of amides is 1. The van der Waals surface area contributed by atoms with Crippen LogP contribution in [0.5, 0.6) is 5.88 Å². The van der Waals surface area contributed by atoms with Gasteiger partial charge in [-0.2, -0.15) is 0 Å². The Kier molecular flexibility index (Phi) is 6.53. The molecule has 1 heterocycles. The Bertz CT molecular complexity index is 968. The first-order valence-electron chi connectivity index (χ1n) is 10.2. The lowest BCUT2D eigenvalue weighted by molar-refractivity contribution is 0.0715. The molecule has 0 aliphatic carbocycles. The number of carbonyl (C=O) groups is 1. The number of hydrogen-bond donors (Lipinski definition) is 0. The fourth-order valence-electron chi connectivity index (χ4n) is 3.51. The monoisotopic (exact) mass is 390 g/mol. The summed E-state index contributed by atoms with van der Waals surface area (Å²) < 4.78 is 5.19. The smallest absolute Gasteiger partial charge is 0.253 e. The summed E-state index contributed by atoms with van der Waals surface area (Å²) in [6.45, 7) is 10.1. The van der Waals surface area contributed by atoms with Crippen LogP contribution in [0.15, 0.2) is 54.6 Å². The maximum absolute atomic E-state index is 13.0. The number of aromatic nitrogens is 1. The van der Waals surface area contributed by atoms with E-state index in [0.717, 1.165) is 40.7 Å². The lowest BCUT2D eigenvalue weighted by atomic mass is 10.0. The third-order valence-corrected chi connectivity index (χ3v) is 4.80. The summed E-state index contributed by atoms with van der Waals surface area (Å²) in [5.41, 5.74) is 3.82. The van der Waals surface area contributed by atoms with E-state index in [4.69, 9.17) is 4.74 Å². The van der Waals surface area contributed by atoms with Crippen LogP contribution in [0.4, 0.5) is 0 Å². The van der Waals surface area contributed by atoms with Gasteiger partial charge in [-0.3, -0.25) is 4.79 Å². The third-order valence-electron chi connectivity index (χ3n) is 4.80. The van der Waals surface area contributed by atoms with Crippen molar-refractivity contribution in [2.45, 2.75) is 27.7 Å². The molecule has 4 nitrogen and oxygen atoms in total. The van der Waals surface area contributed by atoms with Gasteiger partial charge in [0.15, 0.2) is 0 Å². The normalized spacial score (nSPS) is 11.3. The van der Waals surface area contributed by atoms with E-state index in [9.17, 15) is 4.79 Å². The highest BCUT2D eigenvalue weighted by Crippen LogP contribution is 2.25. The van der Waals surface area contributed by atoms with Gasteiger partial charge >= 0.3 is 0 Å². The minimum atomic E-state index is 0.105. The molecular weight excluding hydrogens is 360 g/mol. The Hall–Kier alpha value is -2.88. The molecular formula is C25H30N2O2. The van der Waals surface area contributed by atoms with Crippen LogP contribution in [0.2, 0.25) is 0 Å². The predicted molar refractivity (Wildman–Crippen MR) is 119 cm³/mol. The second kappa shape index (κ2) is 9.08. The molecule has 0 aliphatic rings. The number of rotatable bonds is 7. The van der Waals surface area contributed by atoms with Crippen molar-refractivity contribution in [2.24, 2.45) is 11.8 Å². The summed E-state index contributed by atoms with van der Waals surface area (Å²) in [7, 11) is 1.62. The Morgan fingerprint density at radius 1 is 0.897 bits per heavy atom. The van der Waals surface area contributed by atoms with E-state index >= 15 is 0 Å². The number of ether oxygens (including phenoxy) is 1. The molecule has 0 aliphatic heterocycles. The summed E-state index contributed by atoms with van der Waals surface area (Å²) >= 11 is 0. The summed E-state index contributed by atoms with van der Waals surface area (Å²) in [5.74, 6) is 1.61. The molecule has 0 spiro atoms. The van der Waals surface area contributed by atoms with Crippen molar-refractivity contribution in [1.29, 1.82) is 0 Å². The summed E-state index contributed by atoms with van der Waals surface area (Å²) in [4.78, 5) is 19.4. The minimum absolute atomic E-state index is 0.105. The Morgan fingerprint density at radius 2 is 1.52 bits per heavy atom. The van der Waals surface area contributed by atoms with E-state index in [-0.39, 0.29) is 5.91 Å². The van der Waals surface area contributed by atoms with Crippen LogP contribution in [-0.4, -0.2) is 36.0 Å². The van der Waals surface area contributed by atoms with Gasteiger partial charge in [0, 0.05) is 30.1 Å². The zero-order valence-corrected chi connectivity index (χ0v) is 18.0. The number of hydrogen-bond acceptors (Lipinski definition) is 3. The zero-order chi connectivity index (χ0) is 21.0. The first-order valence-corrected chi connectivity index (χ1v) is 10.2. The van der Waals surface area contributed by atoms with Gasteiger partial charge in [-0.15, -0.1) is 0 Å². The molecule has 0 saturated heterocycles. The van der Waals surface area contributed by atoms with Gasteiger partial charge in [0.25, 0.3) is 5.91 Å². The van der Waals surface area contributed by atoms with Gasteiger partial charge in [0.1, 0.15) is 0 Å². The van der Waals surface area contributed by atoms with E-state index in [1.54, 1.807) is 7.11 Å². The average molecular weight is 391 g/mol. The molecule has 1 amide bonds. The quantitative estimate of drug-likeness (QED) is 0.522. The SMILES string of the molecule is COc1ccc2cc(-c3ccc(C(=O)N(CC(C)C)CC(C)C)cc3)ccc2n1. The number of pyridine rings is 1. The largest absolute Gasteiger partial charge is 0.481 e. The molecule has 0 unspecified atom stereocenters. The first-order chi connectivity index (χ1) is 13.9. The predicted octanol–water partition coefficient (Wildman–Crippen LogP) is 5.66. The van der Waals surface area contributed by atoms with Crippen LogP contribution in [0.3, 0.4) is 0 Å². The van der Waals surface area contributed by atoms with Crippen molar-refractivity contribution in [1.82, 2.24) is 9.88 Å². The number of fused-ring (bicyclic) bond motifs is 1. The van der Waals surface area contributed by atoms with Crippen molar-refractivity contribution in [2.75, 3.05) is 20.2 Å². The fourth-order valence-corrected chi connectivity index (χ4v) is 3.51. The molecule has 0 fully saturated rings. The second-order valence-electron chi connectivity index (χ2n) is 8.34. The maximum Gasteiger partial charge on any atom is 0.253 e. The molecule has 0 saturated carbocycles. The Labute approximate surface area is 173 Å². The molecule has 29 heavy (non-hydrogen) atoms. The molecule has 0 N–H and O–H groups in total. The van der Waals surface area contributed by atoms with Gasteiger partial charge in [0.05, 0.1) is 12.6 Å². The first kappa shape index (κ1) is 20.8. The zero-order valence-electron chi connectivity index (χ0n) is 18.0. The molecule has 3 rings (SSSR count). The summed E-state index contributed by atoms with van der Waals surface area (Å²) in [6, 6.07) is 18.0. The highest BCUT2D eigenvalue weighted by atomic mass is 16.5. The fraction of sp³-hybridized carbons (Fsp3) is 0.360. The molecule has 4 heteroatoms. The van der Waals surface area contributed by atoms with E-state index in [0.29, 0.717) is 17.7 Å². The molecule has 0 atom stereocenters. The van der Waals surface area contributed by atoms with Crippen LogP contribution in [0, 0.1) is 11.8 Å². The van der Waals surface area contributed by atoms with Gasteiger partial charge in [0.2, 0.25) is 5.88 Å². The van der Waals surface area contributed by atoms with Crippen molar-refractivity contribution in [3.8, 4) is 17.0 Å². The topological polar surface area (TPSA) is 42.4 Å². The number of nitrogens with zero attached hydrogens (tertiary/aromatic N) is 2. The van der Waals surface area contributed by atoms with E-state index in [1.165, 1.54) is 0 Å². The maximum atomic E-state index is 13.0. The van der Waals surface area contributed by atoms with Crippen molar-refractivity contribution >= 4 is 16.8 Å². The number of carbonyl (C=O) groups excluding carboxylic acids is 1. The molecule has 1 aromatic heterocycles. The molecule has 0 bridgehead atoms. The molecule has 152 valence electrons. The minimum Gasteiger partial charge on any atom is -0.481 e. The van der Waals surface area contributed by atoms with Crippen LogP contribution in [0.25, 0.3) is 22.0 Å². The second-order valence-corrected chi connectivity index (χ2v) is 8.34. The Balaban J connectivity index is 1.83. The molecule has 0 radical (unpaired) electrons. The molecule has 2 aromatic carbocycles. The van der Waals surface area contributed by atoms with Crippen LogP contribution in [0.1, 0.15) is 38.1 Å². The van der Waals surface area contributed by atoms with Crippen molar-refractivity contribution in [3.05, 3.63) is 60.2 Å². The van der Waals surface area contributed by atoms with Gasteiger partial charge in [-0.1, -0.05) is 45.9 Å². The molecule has 3 aromatic rings. The average Bonchev–Trinajstić information content (AvgIpc) is 2.71. The highest BCUT2D eigenvalue weighted by molar-refractivity contribution is 5.95. The van der Waals surface area contributed by atoms with Gasteiger partial charge in [-0.25, -0.2) is 4.98 Å². The van der Waals surface area contributed by atoms with Crippen LogP contribution >= 0.6 is 0 Å². The highest BCUT2D eigenvalue weighted by Gasteiger charge is 2.18. The summed E-state index contributed by atoms with van der Waals surface area (Å²) in [6.07, 6.45) is 0.